The second-order valence-electron chi connectivity index (χ2n) is 6.54. The fourth-order valence-corrected chi connectivity index (χ4v) is 3.99. The van der Waals surface area contributed by atoms with Gasteiger partial charge in [0.2, 0.25) is 0 Å². The van der Waals surface area contributed by atoms with Gasteiger partial charge in [0.15, 0.2) is 5.60 Å². The fourth-order valence-electron chi connectivity index (χ4n) is 3.99. The SMILES string of the molecule is Cc1noc(C)c1-c1ccc2c(c1)C1(OCc3ccccc31)C(=O)N2. The molecule has 1 unspecified atom stereocenters. The number of carbonyl (C=O) groups excluding carboxylic acids is 1. The highest BCUT2D eigenvalue weighted by molar-refractivity contribution is 6.08. The van der Waals surface area contributed by atoms with Gasteiger partial charge in [-0.25, -0.2) is 0 Å². The smallest absolute Gasteiger partial charge is 0.266 e. The summed E-state index contributed by atoms with van der Waals surface area (Å²) in [6.45, 7) is 4.24. The molecule has 3 heterocycles. The molecule has 0 bridgehead atoms. The van der Waals surface area contributed by atoms with Crippen molar-refractivity contribution in [2.24, 2.45) is 0 Å². The second-order valence-corrected chi connectivity index (χ2v) is 6.54. The molecule has 2 aromatic carbocycles. The lowest BCUT2D eigenvalue weighted by atomic mass is 9.85. The van der Waals surface area contributed by atoms with Crippen LogP contribution in [0.3, 0.4) is 0 Å². The minimum absolute atomic E-state index is 0.136. The van der Waals surface area contributed by atoms with Gasteiger partial charge in [-0.15, -0.1) is 0 Å². The van der Waals surface area contributed by atoms with Crippen LogP contribution in [0.4, 0.5) is 5.69 Å². The van der Waals surface area contributed by atoms with E-state index in [9.17, 15) is 4.79 Å². The number of amides is 1. The van der Waals surface area contributed by atoms with E-state index in [2.05, 4.69) is 10.5 Å². The summed E-state index contributed by atoms with van der Waals surface area (Å²) in [6.07, 6.45) is 0. The lowest BCUT2D eigenvalue weighted by molar-refractivity contribution is -0.134. The molecule has 1 aromatic heterocycles. The maximum Gasteiger partial charge on any atom is 0.266 e. The van der Waals surface area contributed by atoms with E-state index in [0.29, 0.717) is 6.61 Å². The molecule has 2 aliphatic rings. The number of rotatable bonds is 1. The summed E-state index contributed by atoms with van der Waals surface area (Å²) in [5.41, 5.74) is 5.30. The molecule has 1 amide bonds. The summed E-state index contributed by atoms with van der Waals surface area (Å²) in [4.78, 5) is 12.9. The minimum Gasteiger partial charge on any atom is -0.361 e. The van der Waals surface area contributed by atoms with Crippen molar-refractivity contribution in [1.82, 2.24) is 5.16 Å². The van der Waals surface area contributed by atoms with Crippen LogP contribution in [-0.2, 0) is 21.7 Å². The van der Waals surface area contributed by atoms with Crippen LogP contribution in [0.2, 0.25) is 0 Å². The zero-order valence-corrected chi connectivity index (χ0v) is 13.9. The fraction of sp³-hybridized carbons (Fsp3) is 0.200. The first-order chi connectivity index (χ1) is 12.1. The Bertz CT molecular complexity index is 1020. The van der Waals surface area contributed by atoms with Gasteiger partial charge >= 0.3 is 0 Å². The molecule has 5 heteroatoms. The van der Waals surface area contributed by atoms with E-state index in [1.165, 1.54) is 0 Å². The van der Waals surface area contributed by atoms with Crippen molar-refractivity contribution < 1.29 is 14.1 Å². The first-order valence-electron chi connectivity index (χ1n) is 8.23. The number of ether oxygens (including phenoxy) is 1. The van der Waals surface area contributed by atoms with Crippen LogP contribution in [0.25, 0.3) is 11.1 Å². The van der Waals surface area contributed by atoms with Crippen molar-refractivity contribution in [2.45, 2.75) is 26.1 Å². The Balaban J connectivity index is 1.75. The monoisotopic (exact) mass is 332 g/mol. The number of hydrogen-bond donors (Lipinski definition) is 1. The van der Waals surface area contributed by atoms with Crippen LogP contribution in [0.15, 0.2) is 47.0 Å². The van der Waals surface area contributed by atoms with Gasteiger partial charge in [-0.05, 0) is 37.1 Å². The maximum atomic E-state index is 12.9. The molecule has 3 aromatic rings. The van der Waals surface area contributed by atoms with Crippen LogP contribution in [0.5, 0.6) is 0 Å². The number of benzene rings is 2. The zero-order valence-electron chi connectivity index (χ0n) is 13.9. The van der Waals surface area contributed by atoms with Crippen molar-refractivity contribution in [1.29, 1.82) is 0 Å². The number of fused-ring (bicyclic) bond motifs is 4. The standard InChI is InChI=1S/C20H16N2O3/c1-11-18(12(2)25-22-11)13-7-8-17-16(9-13)20(19(23)21-17)15-6-4-3-5-14(15)10-24-20/h3-9H,10H2,1-2H3,(H,21,23). The molecule has 1 N–H and O–H groups in total. The van der Waals surface area contributed by atoms with Gasteiger partial charge in [0, 0.05) is 22.4 Å². The third-order valence-electron chi connectivity index (χ3n) is 5.13. The molecule has 25 heavy (non-hydrogen) atoms. The molecule has 0 radical (unpaired) electrons. The molecule has 2 aliphatic heterocycles. The van der Waals surface area contributed by atoms with Gasteiger partial charge in [-0.2, -0.15) is 0 Å². The second kappa shape index (κ2) is 4.80. The van der Waals surface area contributed by atoms with Crippen molar-refractivity contribution >= 4 is 11.6 Å². The number of carbonyl (C=O) groups is 1. The molecule has 0 saturated carbocycles. The van der Waals surface area contributed by atoms with E-state index in [1.54, 1.807) is 0 Å². The molecule has 1 atom stereocenters. The largest absolute Gasteiger partial charge is 0.361 e. The van der Waals surface area contributed by atoms with E-state index in [-0.39, 0.29) is 5.91 Å². The minimum atomic E-state index is -1.07. The zero-order chi connectivity index (χ0) is 17.2. The van der Waals surface area contributed by atoms with E-state index in [0.717, 1.165) is 45.0 Å². The summed E-state index contributed by atoms with van der Waals surface area (Å²) in [5, 5.41) is 7.01. The number of nitrogens with one attached hydrogen (secondary N) is 1. The summed E-state index contributed by atoms with van der Waals surface area (Å²) in [5.74, 6) is 0.625. The Hall–Kier alpha value is -2.92. The molecule has 5 nitrogen and oxygen atoms in total. The summed E-state index contributed by atoms with van der Waals surface area (Å²) in [6, 6.07) is 13.8. The Morgan fingerprint density at radius 3 is 2.76 bits per heavy atom. The first-order valence-corrected chi connectivity index (χ1v) is 8.23. The topological polar surface area (TPSA) is 64.4 Å². The number of anilines is 1. The maximum absolute atomic E-state index is 12.9. The Morgan fingerprint density at radius 2 is 1.96 bits per heavy atom. The molecule has 5 rings (SSSR count). The summed E-state index contributed by atoms with van der Waals surface area (Å²) >= 11 is 0. The highest BCUT2D eigenvalue weighted by Crippen LogP contribution is 2.50. The highest BCUT2D eigenvalue weighted by atomic mass is 16.5. The Kier molecular flexibility index (Phi) is 2.77. The van der Waals surface area contributed by atoms with Crippen LogP contribution >= 0.6 is 0 Å². The van der Waals surface area contributed by atoms with Crippen LogP contribution < -0.4 is 5.32 Å². The van der Waals surface area contributed by atoms with Crippen molar-refractivity contribution in [3.8, 4) is 11.1 Å². The van der Waals surface area contributed by atoms with Crippen molar-refractivity contribution in [3.05, 3.63) is 70.6 Å². The van der Waals surface area contributed by atoms with Crippen LogP contribution in [-0.4, -0.2) is 11.1 Å². The highest BCUT2D eigenvalue weighted by Gasteiger charge is 2.53. The number of hydrogen-bond acceptors (Lipinski definition) is 4. The average Bonchev–Trinajstić information content (AvgIpc) is 3.25. The first kappa shape index (κ1) is 14.4. The number of aromatic nitrogens is 1. The molecular formula is C20H16N2O3. The predicted octanol–water partition coefficient (Wildman–Crippen LogP) is 3.68. The summed E-state index contributed by atoms with van der Waals surface area (Å²) in [7, 11) is 0. The van der Waals surface area contributed by atoms with Gasteiger partial charge in [0.25, 0.3) is 5.91 Å². The van der Waals surface area contributed by atoms with Crippen molar-refractivity contribution in [2.75, 3.05) is 5.32 Å². The van der Waals surface area contributed by atoms with Gasteiger partial charge in [0.05, 0.1) is 12.3 Å². The van der Waals surface area contributed by atoms with Gasteiger partial charge in [0.1, 0.15) is 5.76 Å². The lowest BCUT2D eigenvalue weighted by Gasteiger charge is -2.22. The van der Waals surface area contributed by atoms with E-state index in [4.69, 9.17) is 9.26 Å². The molecule has 1 spiro atoms. The van der Waals surface area contributed by atoms with Crippen LogP contribution in [0, 0.1) is 13.8 Å². The lowest BCUT2D eigenvalue weighted by Crippen LogP contribution is -2.35. The van der Waals surface area contributed by atoms with E-state index in [1.807, 2.05) is 56.3 Å². The molecule has 0 saturated heterocycles. The van der Waals surface area contributed by atoms with E-state index >= 15 is 0 Å². The normalized spacial score (nSPS) is 20.6. The number of nitrogens with zero attached hydrogens (tertiary/aromatic N) is 1. The van der Waals surface area contributed by atoms with Crippen molar-refractivity contribution in [3.63, 3.8) is 0 Å². The molecule has 0 aliphatic carbocycles. The number of aryl methyl sites for hydroxylation is 2. The Morgan fingerprint density at radius 1 is 1.12 bits per heavy atom. The predicted molar refractivity (Wildman–Crippen MR) is 92.1 cm³/mol. The average molecular weight is 332 g/mol. The molecular weight excluding hydrogens is 316 g/mol. The summed E-state index contributed by atoms with van der Waals surface area (Å²) < 4.78 is 11.4. The van der Waals surface area contributed by atoms with Gasteiger partial charge in [-0.3, -0.25) is 4.79 Å². The third kappa shape index (κ3) is 1.76. The molecule has 0 fully saturated rings. The van der Waals surface area contributed by atoms with E-state index < -0.39 is 5.60 Å². The quantitative estimate of drug-likeness (QED) is 0.738. The molecule has 124 valence electrons. The van der Waals surface area contributed by atoms with Gasteiger partial charge < -0.3 is 14.6 Å². The Labute approximate surface area is 144 Å². The van der Waals surface area contributed by atoms with Gasteiger partial charge in [-0.1, -0.05) is 35.5 Å². The third-order valence-corrected chi connectivity index (χ3v) is 5.13. The van der Waals surface area contributed by atoms with Crippen LogP contribution in [0.1, 0.15) is 28.1 Å².